The molecule has 0 aromatic heterocycles. The van der Waals surface area contributed by atoms with Crippen LogP contribution in [0.1, 0.15) is 27.5 Å². The van der Waals surface area contributed by atoms with Gasteiger partial charge in [0, 0.05) is 17.7 Å². The van der Waals surface area contributed by atoms with E-state index in [1.807, 2.05) is 30.3 Å². The van der Waals surface area contributed by atoms with Gasteiger partial charge in [0.25, 0.3) is 11.6 Å². The van der Waals surface area contributed by atoms with Crippen molar-refractivity contribution in [3.8, 4) is 0 Å². The maximum Gasteiger partial charge on any atom is 0.270 e. The second kappa shape index (κ2) is 7.57. The number of nitro benzene ring substituents is 1. The molecule has 0 saturated carbocycles. The minimum absolute atomic E-state index is 0.157. The molecule has 1 unspecified atom stereocenters. The summed E-state index contributed by atoms with van der Waals surface area (Å²) in [7, 11) is 0. The summed E-state index contributed by atoms with van der Waals surface area (Å²) in [5.74, 6) is -0.822. The Morgan fingerprint density at radius 1 is 0.923 bits per heavy atom. The fraction of sp³-hybridized carbons (Fsp3) is 0.0500. The van der Waals surface area contributed by atoms with Gasteiger partial charge in [-0.15, -0.1) is 0 Å². The first-order chi connectivity index (χ1) is 12.5. The van der Waals surface area contributed by atoms with E-state index in [1.54, 1.807) is 12.1 Å². The smallest absolute Gasteiger partial charge is 0.270 e. The van der Waals surface area contributed by atoms with Gasteiger partial charge in [-0.1, -0.05) is 48.5 Å². The highest BCUT2D eigenvalue weighted by atomic mass is 19.1. The minimum atomic E-state index is -0.550. The summed E-state index contributed by atoms with van der Waals surface area (Å²) in [5, 5.41) is 13.8. The van der Waals surface area contributed by atoms with Gasteiger partial charge in [0.1, 0.15) is 5.82 Å². The summed E-state index contributed by atoms with van der Waals surface area (Å²) in [4.78, 5) is 23.0. The molecule has 0 spiro atoms. The van der Waals surface area contributed by atoms with E-state index in [0.29, 0.717) is 5.56 Å². The lowest BCUT2D eigenvalue weighted by Crippen LogP contribution is -2.29. The number of non-ortho nitro benzene ring substituents is 1. The zero-order valence-electron chi connectivity index (χ0n) is 13.6. The highest BCUT2D eigenvalue weighted by Gasteiger charge is 2.19. The zero-order chi connectivity index (χ0) is 18.5. The van der Waals surface area contributed by atoms with Crippen LogP contribution in [0.15, 0.2) is 78.9 Å². The van der Waals surface area contributed by atoms with E-state index < -0.39 is 16.9 Å². The number of carbonyl (C=O) groups excluding carboxylic acids is 1. The molecular weight excluding hydrogens is 335 g/mol. The fourth-order valence-electron chi connectivity index (χ4n) is 2.63. The summed E-state index contributed by atoms with van der Waals surface area (Å²) < 4.78 is 13.2. The average Bonchev–Trinajstić information content (AvgIpc) is 2.67. The first-order valence-electron chi connectivity index (χ1n) is 7.90. The van der Waals surface area contributed by atoms with Crippen LogP contribution in [-0.2, 0) is 0 Å². The van der Waals surface area contributed by atoms with Crippen LogP contribution in [0.2, 0.25) is 0 Å². The number of hydrogen-bond acceptors (Lipinski definition) is 3. The summed E-state index contributed by atoms with van der Waals surface area (Å²) in [6.07, 6.45) is 0. The van der Waals surface area contributed by atoms with E-state index in [-0.39, 0.29) is 17.1 Å². The lowest BCUT2D eigenvalue weighted by Gasteiger charge is -2.20. The van der Waals surface area contributed by atoms with Gasteiger partial charge in [-0.05, 0) is 29.3 Å². The number of benzene rings is 3. The maximum absolute atomic E-state index is 13.2. The molecule has 0 aliphatic heterocycles. The van der Waals surface area contributed by atoms with E-state index >= 15 is 0 Å². The van der Waals surface area contributed by atoms with Crippen LogP contribution in [0.3, 0.4) is 0 Å². The molecule has 26 heavy (non-hydrogen) atoms. The van der Waals surface area contributed by atoms with Crippen LogP contribution in [-0.4, -0.2) is 10.8 Å². The number of nitro groups is 1. The van der Waals surface area contributed by atoms with E-state index in [1.165, 1.54) is 36.4 Å². The third-order valence-electron chi connectivity index (χ3n) is 3.93. The molecule has 3 aromatic carbocycles. The number of rotatable bonds is 5. The maximum atomic E-state index is 13.2. The van der Waals surface area contributed by atoms with Gasteiger partial charge in [0.05, 0.1) is 11.0 Å². The van der Waals surface area contributed by atoms with E-state index in [0.717, 1.165) is 5.56 Å². The quantitative estimate of drug-likeness (QED) is 0.552. The van der Waals surface area contributed by atoms with Crippen molar-refractivity contribution in [3.63, 3.8) is 0 Å². The standard InChI is InChI=1S/C20H15FN2O3/c21-17-11-9-15(10-12-17)19(14-5-2-1-3-6-14)22-20(24)16-7-4-8-18(13-16)23(25)26/h1-13,19H,(H,22,24). The van der Waals surface area contributed by atoms with Gasteiger partial charge in [0.15, 0.2) is 0 Å². The fourth-order valence-corrected chi connectivity index (χ4v) is 2.63. The van der Waals surface area contributed by atoms with E-state index in [2.05, 4.69) is 5.32 Å². The molecule has 0 saturated heterocycles. The topological polar surface area (TPSA) is 72.2 Å². The van der Waals surface area contributed by atoms with Crippen molar-refractivity contribution in [2.24, 2.45) is 0 Å². The number of nitrogens with one attached hydrogen (secondary N) is 1. The molecule has 0 aliphatic rings. The van der Waals surface area contributed by atoms with Crippen molar-refractivity contribution >= 4 is 11.6 Å². The average molecular weight is 350 g/mol. The Bertz CT molecular complexity index is 927. The Hall–Kier alpha value is -3.54. The highest BCUT2D eigenvalue weighted by molar-refractivity contribution is 5.95. The SMILES string of the molecule is O=C(NC(c1ccccc1)c1ccc(F)cc1)c1cccc([N+](=O)[O-])c1. The first-order valence-corrected chi connectivity index (χ1v) is 7.90. The number of carbonyl (C=O) groups is 1. The van der Waals surface area contributed by atoms with E-state index in [4.69, 9.17) is 0 Å². The molecule has 0 bridgehead atoms. The largest absolute Gasteiger partial charge is 0.341 e. The van der Waals surface area contributed by atoms with Crippen LogP contribution >= 0.6 is 0 Å². The van der Waals surface area contributed by atoms with Crippen molar-refractivity contribution in [2.45, 2.75) is 6.04 Å². The molecule has 3 rings (SSSR count). The minimum Gasteiger partial charge on any atom is -0.341 e. The Morgan fingerprint density at radius 2 is 1.58 bits per heavy atom. The molecule has 0 aliphatic carbocycles. The lowest BCUT2D eigenvalue weighted by molar-refractivity contribution is -0.384. The molecule has 0 heterocycles. The Morgan fingerprint density at radius 3 is 2.23 bits per heavy atom. The monoisotopic (exact) mass is 350 g/mol. The summed E-state index contributed by atoms with van der Waals surface area (Å²) >= 11 is 0. The molecule has 1 amide bonds. The van der Waals surface area contributed by atoms with Crippen LogP contribution < -0.4 is 5.32 Å². The van der Waals surface area contributed by atoms with Gasteiger partial charge in [-0.25, -0.2) is 4.39 Å². The summed E-state index contributed by atoms with van der Waals surface area (Å²) in [6.45, 7) is 0. The molecule has 0 fully saturated rings. The van der Waals surface area contributed by atoms with Crippen LogP contribution in [0.4, 0.5) is 10.1 Å². The molecule has 5 nitrogen and oxygen atoms in total. The second-order valence-electron chi connectivity index (χ2n) is 5.68. The van der Waals surface area contributed by atoms with Crippen LogP contribution in [0.5, 0.6) is 0 Å². The lowest BCUT2D eigenvalue weighted by atomic mass is 9.98. The van der Waals surface area contributed by atoms with Crippen molar-refractivity contribution < 1.29 is 14.1 Å². The normalized spacial score (nSPS) is 11.6. The van der Waals surface area contributed by atoms with Crippen molar-refractivity contribution in [2.75, 3.05) is 0 Å². The summed E-state index contributed by atoms with van der Waals surface area (Å²) in [5.41, 5.74) is 1.55. The molecular formula is C20H15FN2O3. The van der Waals surface area contributed by atoms with Crippen molar-refractivity contribution in [1.29, 1.82) is 0 Å². The van der Waals surface area contributed by atoms with E-state index in [9.17, 15) is 19.3 Å². The van der Waals surface area contributed by atoms with Crippen LogP contribution in [0.25, 0.3) is 0 Å². The van der Waals surface area contributed by atoms with Gasteiger partial charge < -0.3 is 5.32 Å². The molecule has 1 N–H and O–H groups in total. The van der Waals surface area contributed by atoms with Gasteiger partial charge in [-0.3, -0.25) is 14.9 Å². The molecule has 6 heteroatoms. The Labute approximate surface area is 149 Å². The number of halogens is 1. The second-order valence-corrected chi connectivity index (χ2v) is 5.68. The zero-order valence-corrected chi connectivity index (χ0v) is 13.6. The number of amides is 1. The summed E-state index contributed by atoms with van der Waals surface area (Å²) in [6, 6.07) is 20.1. The van der Waals surface area contributed by atoms with Crippen LogP contribution in [0, 0.1) is 15.9 Å². The van der Waals surface area contributed by atoms with Gasteiger partial charge in [-0.2, -0.15) is 0 Å². The van der Waals surface area contributed by atoms with Gasteiger partial charge >= 0.3 is 0 Å². The van der Waals surface area contributed by atoms with Crippen molar-refractivity contribution in [3.05, 3.63) is 111 Å². The predicted molar refractivity (Wildman–Crippen MR) is 95.2 cm³/mol. The molecule has 0 radical (unpaired) electrons. The third-order valence-corrected chi connectivity index (χ3v) is 3.93. The molecule has 130 valence electrons. The molecule has 1 atom stereocenters. The van der Waals surface area contributed by atoms with Crippen molar-refractivity contribution in [1.82, 2.24) is 5.32 Å². The predicted octanol–water partition coefficient (Wildman–Crippen LogP) is 4.25. The first kappa shape index (κ1) is 17.3. The number of hydrogen-bond donors (Lipinski definition) is 1. The number of nitrogens with zero attached hydrogens (tertiary/aromatic N) is 1. The Kier molecular flexibility index (Phi) is 5.03. The van der Waals surface area contributed by atoms with Gasteiger partial charge in [0.2, 0.25) is 0 Å². The molecule has 3 aromatic rings. The Balaban J connectivity index is 1.93. The third kappa shape index (κ3) is 3.92. The highest BCUT2D eigenvalue weighted by Crippen LogP contribution is 2.23.